The summed E-state index contributed by atoms with van der Waals surface area (Å²) >= 11 is 5.22. The van der Waals surface area contributed by atoms with Crippen molar-refractivity contribution in [1.82, 2.24) is 14.8 Å². The topological polar surface area (TPSA) is 88.0 Å². The first-order valence-electron chi connectivity index (χ1n) is 6.28. The van der Waals surface area contributed by atoms with Gasteiger partial charge in [-0.25, -0.2) is 0 Å². The van der Waals surface area contributed by atoms with Crippen molar-refractivity contribution < 1.29 is 13.0 Å². The quantitative estimate of drug-likeness (QED) is 0.568. The van der Waals surface area contributed by atoms with Crippen LogP contribution in [0.15, 0.2) is 59.5 Å². The highest BCUT2D eigenvalue weighted by atomic mass is 32.2. The Kier molecular flexibility index (Phi) is 3.65. The van der Waals surface area contributed by atoms with E-state index in [1.165, 1.54) is 12.1 Å². The smallest absolute Gasteiger partial charge is 0.282 e. The van der Waals surface area contributed by atoms with Crippen LogP contribution >= 0.6 is 12.2 Å². The summed E-state index contributed by atoms with van der Waals surface area (Å²) in [6, 6.07) is 15.3. The summed E-state index contributed by atoms with van der Waals surface area (Å²) < 4.78 is 34.5. The van der Waals surface area contributed by atoms with Gasteiger partial charge in [0.25, 0.3) is 10.1 Å². The molecule has 0 amide bonds. The summed E-state index contributed by atoms with van der Waals surface area (Å²) in [5.41, 5.74) is 1.00. The van der Waals surface area contributed by atoms with Crippen LogP contribution in [0.5, 0.6) is 0 Å². The zero-order chi connectivity index (χ0) is 15.7. The lowest BCUT2D eigenvalue weighted by Crippen LogP contribution is -2.04. The monoisotopic (exact) mass is 333 g/mol. The lowest BCUT2D eigenvalue weighted by molar-refractivity contribution is 0.483. The summed E-state index contributed by atoms with van der Waals surface area (Å²) in [7, 11) is -4.37. The van der Waals surface area contributed by atoms with Gasteiger partial charge in [-0.05, 0) is 36.5 Å². The van der Waals surface area contributed by atoms with Crippen molar-refractivity contribution in [1.29, 1.82) is 0 Å². The van der Waals surface area contributed by atoms with E-state index in [-0.39, 0.29) is 10.5 Å². The first kappa shape index (κ1) is 14.6. The minimum absolute atomic E-state index is 0.221. The van der Waals surface area contributed by atoms with Gasteiger partial charge in [0, 0.05) is 11.3 Å². The van der Waals surface area contributed by atoms with Crippen molar-refractivity contribution in [2.24, 2.45) is 0 Å². The molecule has 0 unspecified atom stereocenters. The van der Waals surface area contributed by atoms with Crippen LogP contribution in [0.1, 0.15) is 0 Å². The number of nitrogens with one attached hydrogen (secondary N) is 1. The molecule has 2 aromatic carbocycles. The summed E-state index contributed by atoms with van der Waals surface area (Å²) in [4.78, 5) is -0.221. The van der Waals surface area contributed by atoms with Gasteiger partial charge in [-0.15, -0.1) is 0 Å². The Labute approximate surface area is 131 Å². The van der Waals surface area contributed by atoms with Crippen LogP contribution < -0.4 is 0 Å². The lowest BCUT2D eigenvalue weighted by Gasteiger charge is -2.09. The highest BCUT2D eigenvalue weighted by molar-refractivity contribution is 7.86. The number of aromatic nitrogens is 3. The van der Waals surface area contributed by atoms with Crippen LogP contribution in [-0.2, 0) is 10.1 Å². The number of rotatable bonds is 3. The highest BCUT2D eigenvalue weighted by Gasteiger charge is 2.20. The predicted octanol–water partition coefficient (Wildman–Crippen LogP) is 2.84. The number of H-pyrrole nitrogens is 1. The third kappa shape index (κ3) is 2.59. The van der Waals surface area contributed by atoms with Gasteiger partial charge in [0.15, 0.2) is 10.6 Å². The Morgan fingerprint density at radius 1 is 1.05 bits per heavy atom. The van der Waals surface area contributed by atoms with Crippen molar-refractivity contribution in [2.45, 2.75) is 4.90 Å². The average Bonchev–Trinajstić information content (AvgIpc) is 2.89. The molecule has 2 N–H and O–H groups in total. The van der Waals surface area contributed by atoms with Crippen molar-refractivity contribution in [3.63, 3.8) is 0 Å². The minimum atomic E-state index is -4.37. The normalized spacial score (nSPS) is 11.5. The van der Waals surface area contributed by atoms with Crippen molar-refractivity contribution in [3.05, 3.63) is 59.4 Å². The fraction of sp³-hybridized carbons (Fsp3) is 0. The molecule has 1 heterocycles. The van der Waals surface area contributed by atoms with E-state index in [1.807, 2.05) is 30.3 Å². The minimum Gasteiger partial charge on any atom is -0.282 e. The summed E-state index contributed by atoms with van der Waals surface area (Å²) in [5.74, 6) is 0.310. The first-order chi connectivity index (χ1) is 10.5. The van der Waals surface area contributed by atoms with Crippen LogP contribution in [0.2, 0.25) is 0 Å². The van der Waals surface area contributed by atoms with E-state index in [9.17, 15) is 13.0 Å². The Hall–Kier alpha value is -2.29. The van der Waals surface area contributed by atoms with Gasteiger partial charge in [0.1, 0.15) is 4.90 Å². The molecule has 0 saturated heterocycles. The highest BCUT2D eigenvalue weighted by Crippen LogP contribution is 2.27. The third-order valence-electron chi connectivity index (χ3n) is 3.09. The Balaban J connectivity index is 2.31. The second kappa shape index (κ2) is 5.48. The molecular weight excluding hydrogens is 322 g/mol. The third-order valence-corrected chi connectivity index (χ3v) is 4.28. The van der Waals surface area contributed by atoms with Crippen LogP contribution in [0, 0.1) is 4.77 Å². The molecule has 0 aliphatic carbocycles. The molecule has 0 atom stereocenters. The van der Waals surface area contributed by atoms with Crippen molar-refractivity contribution in [2.75, 3.05) is 0 Å². The van der Waals surface area contributed by atoms with Crippen LogP contribution in [0.25, 0.3) is 17.1 Å². The van der Waals surface area contributed by atoms with E-state index >= 15 is 0 Å². The van der Waals surface area contributed by atoms with E-state index in [1.54, 1.807) is 16.7 Å². The zero-order valence-corrected chi connectivity index (χ0v) is 12.8. The summed E-state index contributed by atoms with van der Waals surface area (Å²) in [5, 5.41) is 6.76. The second-order valence-electron chi connectivity index (χ2n) is 4.49. The van der Waals surface area contributed by atoms with E-state index in [4.69, 9.17) is 12.2 Å². The summed E-state index contributed by atoms with van der Waals surface area (Å²) in [6.45, 7) is 0. The standard InChI is InChI=1S/C14H11N3O3S2/c18-22(19,20)12-9-5-4-8-11(12)13-15-16-14(21)17(13)10-6-2-1-3-7-10/h1-9H,(H,16,21)(H,18,19,20). The van der Waals surface area contributed by atoms with Gasteiger partial charge in [-0.3, -0.25) is 14.2 Å². The fourth-order valence-corrected chi connectivity index (χ4v) is 3.10. The fourth-order valence-electron chi connectivity index (χ4n) is 2.17. The van der Waals surface area contributed by atoms with Crippen LogP contribution in [-0.4, -0.2) is 27.7 Å². The van der Waals surface area contributed by atoms with Gasteiger partial charge < -0.3 is 0 Å². The molecule has 22 heavy (non-hydrogen) atoms. The SMILES string of the molecule is O=S(=O)(O)c1ccccc1-c1n[nH]c(=S)n1-c1ccccc1. The number of benzene rings is 2. The molecule has 0 spiro atoms. The number of aromatic amines is 1. The maximum absolute atomic E-state index is 11.6. The molecule has 0 aliphatic heterocycles. The van der Waals surface area contributed by atoms with Gasteiger partial charge >= 0.3 is 0 Å². The molecular formula is C14H11N3O3S2. The van der Waals surface area contributed by atoms with Crippen LogP contribution in [0.3, 0.4) is 0 Å². The molecule has 0 fully saturated rings. The Morgan fingerprint density at radius 3 is 2.36 bits per heavy atom. The molecule has 0 aliphatic rings. The number of hydrogen-bond acceptors (Lipinski definition) is 4. The predicted molar refractivity (Wildman–Crippen MR) is 84.0 cm³/mol. The molecule has 1 aromatic heterocycles. The Bertz CT molecular complexity index is 976. The van der Waals surface area contributed by atoms with Crippen molar-refractivity contribution >= 4 is 22.3 Å². The van der Waals surface area contributed by atoms with Crippen molar-refractivity contribution in [3.8, 4) is 17.1 Å². The lowest BCUT2D eigenvalue weighted by atomic mass is 10.2. The molecule has 112 valence electrons. The molecule has 0 bridgehead atoms. The largest absolute Gasteiger partial charge is 0.295 e. The van der Waals surface area contributed by atoms with E-state index in [0.29, 0.717) is 10.6 Å². The average molecular weight is 333 g/mol. The zero-order valence-electron chi connectivity index (χ0n) is 11.2. The molecule has 0 saturated carbocycles. The summed E-state index contributed by atoms with van der Waals surface area (Å²) in [6.07, 6.45) is 0. The molecule has 3 aromatic rings. The van der Waals surface area contributed by atoms with E-state index in [2.05, 4.69) is 10.2 Å². The maximum Gasteiger partial charge on any atom is 0.295 e. The second-order valence-corrected chi connectivity index (χ2v) is 6.27. The molecule has 0 radical (unpaired) electrons. The number of hydrogen-bond donors (Lipinski definition) is 2. The maximum atomic E-state index is 11.6. The Morgan fingerprint density at radius 2 is 1.68 bits per heavy atom. The molecule has 6 nitrogen and oxygen atoms in total. The van der Waals surface area contributed by atoms with E-state index in [0.717, 1.165) is 5.69 Å². The molecule has 3 rings (SSSR count). The van der Waals surface area contributed by atoms with Crippen LogP contribution in [0.4, 0.5) is 0 Å². The van der Waals surface area contributed by atoms with Gasteiger partial charge in [0.05, 0.1) is 0 Å². The molecule has 8 heteroatoms. The van der Waals surface area contributed by atoms with Gasteiger partial charge in [-0.2, -0.15) is 13.5 Å². The number of nitrogens with zero attached hydrogens (tertiary/aromatic N) is 2. The first-order valence-corrected chi connectivity index (χ1v) is 8.13. The van der Waals surface area contributed by atoms with Gasteiger partial charge in [-0.1, -0.05) is 30.3 Å². The number of para-hydroxylation sites is 1. The van der Waals surface area contributed by atoms with Gasteiger partial charge in [0.2, 0.25) is 0 Å². The van der Waals surface area contributed by atoms with E-state index < -0.39 is 10.1 Å².